The van der Waals surface area contributed by atoms with Crippen LogP contribution in [0.15, 0.2) is 77.2 Å². The largest absolute Gasteiger partial charge is 0.456 e. The predicted octanol–water partition coefficient (Wildman–Crippen LogP) is 6.83. The molecule has 4 nitrogen and oxygen atoms in total. The van der Waals surface area contributed by atoms with Crippen LogP contribution < -0.4 is 5.46 Å². The van der Waals surface area contributed by atoms with Crippen LogP contribution >= 0.6 is 11.3 Å². The van der Waals surface area contributed by atoms with Crippen molar-refractivity contribution in [3.05, 3.63) is 72.8 Å². The van der Waals surface area contributed by atoms with Crippen LogP contribution in [-0.4, -0.2) is 28.8 Å². The van der Waals surface area contributed by atoms with Crippen LogP contribution in [0, 0.1) is 0 Å². The van der Waals surface area contributed by atoms with Gasteiger partial charge in [0.05, 0.1) is 21.4 Å². The molecule has 2 aromatic heterocycles. The molecule has 0 spiro atoms. The lowest BCUT2D eigenvalue weighted by Gasteiger charge is -2.37. The van der Waals surface area contributed by atoms with Gasteiger partial charge in [0.1, 0.15) is 16.2 Å². The van der Waals surface area contributed by atoms with E-state index in [-0.39, 0.29) is 0 Å². The van der Waals surface area contributed by atoms with Gasteiger partial charge in [-0.15, -0.1) is 11.3 Å². The smallest absolute Gasteiger partial charge is 0.334 e. The molecule has 0 atom stereocenters. The minimum atomic E-state index is -0.996. The van der Waals surface area contributed by atoms with Gasteiger partial charge in [-0.3, -0.25) is 0 Å². The van der Waals surface area contributed by atoms with E-state index in [0.717, 1.165) is 48.2 Å². The summed E-state index contributed by atoms with van der Waals surface area (Å²) in [6.45, 7) is 7.23. The Bertz CT molecular complexity index is 1730. The molecule has 0 aliphatic rings. The SMILES string of the molecule is CC(C)(O)C(C)(C)O[B]c1cccc2c1oc1cc3sc(-c4ccc5ccccc5c4)nc3cc12. The maximum Gasteiger partial charge on any atom is 0.334 e. The number of fused-ring (bicyclic) bond motifs is 5. The summed E-state index contributed by atoms with van der Waals surface area (Å²) in [6.07, 6.45) is 0. The van der Waals surface area contributed by atoms with Gasteiger partial charge in [0, 0.05) is 22.4 Å². The van der Waals surface area contributed by atoms with Gasteiger partial charge in [-0.1, -0.05) is 54.6 Å². The highest BCUT2D eigenvalue weighted by Gasteiger charge is 2.36. The Morgan fingerprint density at radius 1 is 0.886 bits per heavy atom. The molecule has 0 unspecified atom stereocenters. The van der Waals surface area contributed by atoms with E-state index in [1.807, 2.05) is 26.0 Å². The van der Waals surface area contributed by atoms with Gasteiger partial charge in [-0.25, -0.2) is 4.98 Å². The molecule has 1 N–H and O–H groups in total. The van der Waals surface area contributed by atoms with Gasteiger partial charge >= 0.3 is 7.48 Å². The summed E-state index contributed by atoms with van der Waals surface area (Å²) in [4.78, 5) is 4.96. The van der Waals surface area contributed by atoms with Crippen LogP contribution in [0.3, 0.4) is 0 Å². The third-order valence-corrected chi connectivity index (χ3v) is 8.06. The Morgan fingerprint density at radius 2 is 1.69 bits per heavy atom. The first-order valence-electron chi connectivity index (χ1n) is 11.7. The Morgan fingerprint density at radius 3 is 2.49 bits per heavy atom. The maximum absolute atomic E-state index is 10.4. The van der Waals surface area contributed by atoms with Crippen LogP contribution in [0.25, 0.3) is 53.5 Å². The molecule has 6 rings (SSSR count). The van der Waals surface area contributed by atoms with Crippen LogP contribution in [-0.2, 0) is 4.65 Å². The summed E-state index contributed by atoms with van der Waals surface area (Å²) in [7, 11) is 1.68. The number of nitrogens with zero attached hydrogens (tertiary/aromatic N) is 1. The summed E-state index contributed by atoms with van der Waals surface area (Å²) >= 11 is 1.67. The minimum absolute atomic E-state index is 0.757. The van der Waals surface area contributed by atoms with Crippen molar-refractivity contribution < 1.29 is 14.2 Å². The van der Waals surface area contributed by atoms with Crippen molar-refractivity contribution >= 4 is 67.2 Å². The van der Waals surface area contributed by atoms with E-state index in [2.05, 4.69) is 60.7 Å². The zero-order valence-electron chi connectivity index (χ0n) is 20.1. The fourth-order valence-electron chi connectivity index (χ4n) is 4.13. The van der Waals surface area contributed by atoms with Gasteiger partial charge in [-0.05, 0) is 56.1 Å². The lowest BCUT2D eigenvalue weighted by Crippen LogP contribution is -2.49. The van der Waals surface area contributed by atoms with Crippen molar-refractivity contribution in [2.75, 3.05) is 0 Å². The third-order valence-electron chi connectivity index (χ3n) is 6.99. The highest BCUT2D eigenvalue weighted by molar-refractivity contribution is 7.21. The predicted molar refractivity (Wildman–Crippen MR) is 147 cm³/mol. The van der Waals surface area contributed by atoms with Gasteiger partial charge in [0.15, 0.2) is 0 Å². The molecule has 0 amide bonds. The molecule has 173 valence electrons. The molecular formula is C29H25BNO3S. The fraction of sp³-hybridized carbons (Fsp3) is 0.207. The lowest BCUT2D eigenvalue weighted by molar-refractivity contribution is -0.0893. The third kappa shape index (κ3) is 3.82. The number of rotatable bonds is 5. The molecule has 0 saturated heterocycles. The van der Waals surface area contributed by atoms with Crippen molar-refractivity contribution in [1.82, 2.24) is 4.98 Å². The summed E-state index contributed by atoms with van der Waals surface area (Å²) in [5, 5.41) is 15.9. The molecule has 0 aliphatic carbocycles. The summed E-state index contributed by atoms with van der Waals surface area (Å²) in [5.74, 6) is 0. The molecule has 2 heterocycles. The molecule has 6 aromatic rings. The zero-order chi connectivity index (χ0) is 24.4. The number of aliphatic hydroxyl groups is 1. The molecule has 1 radical (unpaired) electrons. The van der Waals surface area contributed by atoms with E-state index in [0.29, 0.717) is 0 Å². The summed E-state index contributed by atoms with van der Waals surface area (Å²) < 4.78 is 13.4. The zero-order valence-corrected chi connectivity index (χ0v) is 20.9. The van der Waals surface area contributed by atoms with Crippen LogP contribution in [0.5, 0.6) is 0 Å². The number of hydrogen-bond acceptors (Lipinski definition) is 5. The summed E-state index contributed by atoms with van der Waals surface area (Å²) in [5.41, 5.74) is 2.75. The van der Waals surface area contributed by atoms with E-state index in [1.54, 1.807) is 32.7 Å². The highest BCUT2D eigenvalue weighted by Crippen LogP contribution is 2.37. The van der Waals surface area contributed by atoms with E-state index < -0.39 is 11.2 Å². The van der Waals surface area contributed by atoms with Gasteiger partial charge < -0.3 is 14.2 Å². The number of benzene rings is 4. The van der Waals surface area contributed by atoms with Crippen molar-refractivity contribution in [3.8, 4) is 10.6 Å². The Balaban J connectivity index is 1.40. The van der Waals surface area contributed by atoms with Gasteiger partial charge in [0.25, 0.3) is 0 Å². The molecule has 35 heavy (non-hydrogen) atoms. The summed E-state index contributed by atoms with van der Waals surface area (Å²) in [6, 6.07) is 25.1. The van der Waals surface area contributed by atoms with Crippen LogP contribution in [0.2, 0.25) is 0 Å². The van der Waals surface area contributed by atoms with Crippen LogP contribution in [0.1, 0.15) is 27.7 Å². The number of hydrogen-bond donors (Lipinski definition) is 1. The number of aromatic nitrogens is 1. The lowest BCUT2D eigenvalue weighted by atomic mass is 9.82. The topological polar surface area (TPSA) is 55.5 Å². The minimum Gasteiger partial charge on any atom is -0.456 e. The first-order valence-corrected chi connectivity index (χ1v) is 12.5. The monoisotopic (exact) mass is 478 g/mol. The fourth-order valence-corrected chi connectivity index (χ4v) is 5.11. The number of para-hydroxylation sites is 1. The maximum atomic E-state index is 10.4. The second-order valence-corrected chi connectivity index (χ2v) is 11.1. The molecule has 0 bridgehead atoms. The second kappa shape index (κ2) is 7.92. The van der Waals surface area contributed by atoms with E-state index >= 15 is 0 Å². The Kier molecular flexibility index (Phi) is 5.04. The van der Waals surface area contributed by atoms with Crippen molar-refractivity contribution in [3.63, 3.8) is 0 Å². The Labute approximate surface area is 208 Å². The molecule has 4 aromatic carbocycles. The highest BCUT2D eigenvalue weighted by atomic mass is 32.1. The molecule has 0 saturated carbocycles. The number of furan rings is 1. The van der Waals surface area contributed by atoms with E-state index in [4.69, 9.17) is 14.1 Å². The molecule has 0 aliphatic heterocycles. The first kappa shape index (κ1) is 22.3. The Hall–Kier alpha value is -3.19. The van der Waals surface area contributed by atoms with E-state index in [1.165, 1.54) is 10.8 Å². The van der Waals surface area contributed by atoms with Crippen molar-refractivity contribution in [1.29, 1.82) is 0 Å². The molecular weight excluding hydrogens is 453 g/mol. The quantitative estimate of drug-likeness (QED) is 0.276. The normalized spacial score (nSPS) is 12.8. The first-order chi connectivity index (χ1) is 16.7. The van der Waals surface area contributed by atoms with E-state index in [9.17, 15) is 5.11 Å². The molecule has 6 heteroatoms. The van der Waals surface area contributed by atoms with Crippen molar-refractivity contribution in [2.24, 2.45) is 0 Å². The second-order valence-electron chi connectivity index (χ2n) is 10.0. The van der Waals surface area contributed by atoms with Gasteiger partial charge in [-0.2, -0.15) is 0 Å². The van der Waals surface area contributed by atoms with Crippen LogP contribution in [0.4, 0.5) is 0 Å². The average Bonchev–Trinajstić information content (AvgIpc) is 3.41. The van der Waals surface area contributed by atoms with Crippen molar-refractivity contribution in [2.45, 2.75) is 38.9 Å². The number of thiazole rings is 1. The molecule has 0 fully saturated rings. The average molecular weight is 478 g/mol. The standard InChI is InChI=1S/C29H25BNO3S/c1-28(2,32)29(3,4)34-30-22-11-7-10-20-21-15-23-25(16-24(21)33-26(20)22)35-27(31-23)19-13-12-17-8-5-6-9-18(17)14-19/h5-16,32H,1-4H3. The van der Waals surface area contributed by atoms with Gasteiger partial charge in [0.2, 0.25) is 0 Å².